The molecule has 0 aromatic carbocycles. The molecule has 0 unspecified atom stereocenters. The van der Waals surface area contributed by atoms with Crippen LogP contribution in [-0.2, 0) is 8.85 Å². The minimum atomic E-state index is -1.42. The zero-order valence-electron chi connectivity index (χ0n) is 10.1. The molecule has 0 saturated heterocycles. The molecule has 0 atom stereocenters. The molecule has 0 aromatic heterocycles. The van der Waals surface area contributed by atoms with Gasteiger partial charge in [0.25, 0.3) is 0 Å². The van der Waals surface area contributed by atoms with E-state index in [1.54, 1.807) is 0 Å². The molecule has 1 N–H and O–H groups in total. The Bertz CT molecular complexity index is 146. The normalized spacial score (nSPS) is 18.6. The van der Waals surface area contributed by atoms with Gasteiger partial charge in [-0.15, -0.1) is 0 Å². The largest absolute Gasteiger partial charge is 0.396 e. The SMILES string of the molecule is CCO[SiH](CNC1CCCCC1)OCC. The quantitative estimate of drug-likeness (QED) is 0.677. The van der Waals surface area contributed by atoms with Gasteiger partial charge in [0.05, 0.1) is 0 Å². The molecule has 1 rings (SSSR count). The third-order valence-corrected chi connectivity index (χ3v) is 4.86. The van der Waals surface area contributed by atoms with Crippen molar-refractivity contribution in [1.29, 1.82) is 0 Å². The summed E-state index contributed by atoms with van der Waals surface area (Å²) in [6.45, 7) is 5.64. The molecule has 0 heterocycles. The van der Waals surface area contributed by atoms with E-state index in [1.165, 1.54) is 32.1 Å². The highest BCUT2D eigenvalue weighted by Gasteiger charge is 2.17. The summed E-state index contributed by atoms with van der Waals surface area (Å²) >= 11 is 0. The van der Waals surface area contributed by atoms with E-state index in [4.69, 9.17) is 8.85 Å². The van der Waals surface area contributed by atoms with E-state index in [9.17, 15) is 0 Å². The standard InChI is InChI=1S/C11H25NO2Si/c1-3-13-15(14-4-2)10-12-11-8-6-5-7-9-11/h11-12,15H,3-10H2,1-2H3. The second-order valence-corrected chi connectivity index (χ2v) is 6.02. The first kappa shape index (κ1) is 13.2. The topological polar surface area (TPSA) is 30.5 Å². The summed E-state index contributed by atoms with van der Waals surface area (Å²) < 4.78 is 11.3. The zero-order valence-corrected chi connectivity index (χ0v) is 11.3. The lowest BCUT2D eigenvalue weighted by Crippen LogP contribution is -2.42. The average Bonchev–Trinajstić information content (AvgIpc) is 2.28. The second kappa shape index (κ2) is 8.27. The predicted octanol–water partition coefficient (Wildman–Crippen LogP) is 1.74. The molecule has 0 spiro atoms. The highest BCUT2D eigenvalue weighted by molar-refractivity contribution is 6.44. The maximum atomic E-state index is 5.63. The van der Waals surface area contributed by atoms with Crippen LogP contribution in [0, 0.1) is 0 Å². The molecule has 1 saturated carbocycles. The van der Waals surface area contributed by atoms with Gasteiger partial charge in [-0.25, -0.2) is 0 Å². The second-order valence-electron chi connectivity index (χ2n) is 4.08. The average molecular weight is 231 g/mol. The fraction of sp³-hybridized carbons (Fsp3) is 1.00. The molecular formula is C11H25NO2Si. The van der Waals surface area contributed by atoms with E-state index in [0.29, 0.717) is 0 Å². The molecule has 4 heteroatoms. The fourth-order valence-electron chi connectivity index (χ4n) is 2.11. The number of hydrogen-bond donors (Lipinski definition) is 1. The lowest BCUT2D eigenvalue weighted by Gasteiger charge is -2.24. The fourth-order valence-corrected chi connectivity index (χ4v) is 3.71. The summed E-state index contributed by atoms with van der Waals surface area (Å²) in [4.78, 5) is 0. The Morgan fingerprint density at radius 3 is 2.20 bits per heavy atom. The van der Waals surface area contributed by atoms with Crippen molar-refractivity contribution in [2.45, 2.75) is 52.0 Å². The lowest BCUT2D eigenvalue weighted by molar-refractivity contribution is 0.209. The van der Waals surface area contributed by atoms with Gasteiger partial charge in [-0.3, -0.25) is 0 Å². The first-order chi connectivity index (χ1) is 7.36. The van der Waals surface area contributed by atoms with E-state index >= 15 is 0 Å². The van der Waals surface area contributed by atoms with Crippen LogP contribution >= 0.6 is 0 Å². The van der Waals surface area contributed by atoms with Crippen LogP contribution in [0.2, 0.25) is 0 Å². The van der Waals surface area contributed by atoms with Crippen molar-refractivity contribution in [1.82, 2.24) is 5.32 Å². The van der Waals surface area contributed by atoms with Crippen molar-refractivity contribution < 1.29 is 8.85 Å². The summed E-state index contributed by atoms with van der Waals surface area (Å²) in [5.41, 5.74) is 0. The van der Waals surface area contributed by atoms with Gasteiger partial charge in [-0.1, -0.05) is 19.3 Å². The zero-order chi connectivity index (χ0) is 10.9. The van der Waals surface area contributed by atoms with Gasteiger partial charge in [0.1, 0.15) is 0 Å². The van der Waals surface area contributed by atoms with Crippen LogP contribution in [0.25, 0.3) is 0 Å². The number of nitrogens with one attached hydrogen (secondary N) is 1. The molecule has 3 nitrogen and oxygen atoms in total. The smallest absolute Gasteiger partial charge is 0.335 e. The van der Waals surface area contributed by atoms with Crippen molar-refractivity contribution >= 4 is 9.28 Å². The van der Waals surface area contributed by atoms with Crippen molar-refractivity contribution in [3.8, 4) is 0 Å². The van der Waals surface area contributed by atoms with E-state index in [1.807, 2.05) is 13.8 Å². The monoisotopic (exact) mass is 231 g/mol. The van der Waals surface area contributed by atoms with Crippen molar-refractivity contribution in [3.05, 3.63) is 0 Å². The van der Waals surface area contributed by atoms with E-state index < -0.39 is 9.28 Å². The summed E-state index contributed by atoms with van der Waals surface area (Å²) in [6.07, 6.45) is 7.81. The van der Waals surface area contributed by atoms with Crippen molar-refractivity contribution in [2.24, 2.45) is 0 Å². The van der Waals surface area contributed by atoms with Gasteiger partial charge in [-0.2, -0.15) is 0 Å². The number of rotatable bonds is 7. The third-order valence-electron chi connectivity index (χ3n) is 2.88. The van der Waals surface area contributed by atoms with Gasteiger partial charge < -0.3 is 14.2 Å². The molecule has 0 amide bonds. The van der Waals surface area contributed by atoms with Crippen LogP contribution < -0.4 is 5.32 Å². The molecule has 90 valence electrons. The Kier molecular flexibility index (Phi) is 7.26. The van der Waals surface area contributed by atoms with E-state index in [2.05, 4.69) is 5.32 Å². The molecular weight excluding hydrogens is 206 g/mol. The van der Waals surface area contributed by atoms with Gasteiger partial charge in [0.15, 0.2) is 0 Å². The Morgan fingerprint density at radius 1 is 1.07 bits per heavy atom. The van der Waals surface area contributed by atoms with Crippen LogP contribution in [0.1, 0.15) is 46.0 Å². The molecule has 1 aliphatic carbocycles. The van der Waals surface area contributed by atoms with Gasteiger partial charge in [0.2, 0.25) is 0 Å². The summed E-state index contributed by atoms with van der Waals surface area (Å²) in [5.74, 6) is 0. The van der Waals surface area contributed by atoms with E-state index in [0.717, 1.165) is 25.4 Å². The third kappa shape index (κ3) is 5.66. The highest BCUT2D eigenvalue weighted by atomic mass is 28.3. The van der Waals surface area contributed by atoms with E-state index in [-0.39, 0.29) is 0 Å². The molecule has 0 radical (unpaired) electrons. The van der Waals surface area contributed by atoms with Gasteiger partial charge in [-0.05, 0) is 26.7 Å². The minimum absolute atomic E-state index is 0.717. The van der Waals surface area contributed by atoms with Gasteiger partial charge in [0, 0.05) is 25.4 Å². The predicted molar refractivity (Wildman–Crippen MR) is 65.3 cm³/mol. The summed E-state index contributed by atoms with van der Waals surface area (Å²) in [7, 11) is -1.42. The summed E-state index contributed by atoms with van der Waals surface area (Å²) in [6, 6.07) is 0.717. The summed E-state index contributed by atoms with van der Waals surface area (Å²) in [5, 5.41) is 3.60. The maximum absolute atomic E-state index is 5.63. The minimum Gasteiger partial charge on any atom is -0.396 e. The van der Waals surface area contributed by atoms with Gasteiger partial charge >= 0.3 is 9.28 Å². The molecule has 1 aliphatic rings. The van der Waals surface area contributed by atoms with Crippen molar-refractivity contribution in [2.75, 3.05) is 19.4 Å². The van der Waals surface area contributed by atoms with Crippen molar-refractivity contribution in [3.63, 3.8) is 0 Å². The Labute approximate surface area is 95.4 Å². The first-order valence-corrected chi connectivity index (χ1v) is 8.09. The molecule has 0 aliphatic heterocycles. The molecule has 0 bridgehead atoms. The molecule has 0 aromatic rings. The Morgan fingerprint density at radius 2 is 1.67 bits per heavy atom. The first-order valence-electron chi connectivity index (χ1n) is 6.33. The van der Waals surface area contributed by atoms with Crippen LogP contribution in [0.4, 0.5) is 0 Å². The Balaban J connectivity index is 2.13. The van der Waals surface area contributed by atoms with Crippen LogP contribution in [0.5, 0.6) is 0 Å². The Hall–Kier alpha value is 0.0969. The molecule has 1 fully saturated rings. The lowest BCUT2D eigenvalue weighted by atomic mass is 9.96. The molecule has 15 heavy (non-hydrogen) atoms. The van der Waals surface area contributed by atoms with Crippen LogP contribution in [0.3, 0.4) is 0 Å². The number of hydrogen-bond acceptors (Lipinski definition) is 3. The van der Waals surface area contributed by atoms with Crippen LogP contribution in [-0.4, -0.2) is 34.7 Å². The van der Waals surface area contributed by atoms with Crippen LogP contribution in [0.15, 0.2) is 0 Å². The highest BCUT2D eigenvalue weighted by Crippen LogP contribution is 2.17. The maximum Gasteiger partial charge on any atom is 0.335 e.